The molecule has 0 atom stereocenters. The lowest BCUT2D eigenvalue weighted by atomic mass is 10.0. The van der Waals surface area contributed by atoms with Gasteiger partial charge in [0.25, 0.3) is 0 Å². The molecular formula is C13H11BrN4. The summed E-state index contributed by atoms with van der Waals surface area (Å²) in [5.74, 6) is 0.498. The molecule has 0 saturated heterocycles. The van der Waals surface area contributed by atoms with E-state index in [-0.39, 0.29) is 0 Å². The lowest BCUT2D eigenvalue weighted by Crippen LogP contribution is -1.88. The normalized spacial score (nSPS) is 10.9. The van der Waals surface area contributed by atoms with Crippen LogP contribution in [0.1, 0.15) is 0 Å². The Hall–Kier alpha value is -2.01. The minimum Gasteiger partial charge on any atom is -0.399 e. The summed E-state index contributed by atoms with van der Waals surface area (Å²) < 4.78 is 0.945. The van der Waals surface area contributed by atoms with Crippen molar-refractivity contribution in [2.75, 3.05) is 11.5 Å². The Morgan fingerprint density at radius 3 is 2.44 bits per heavy atom. The first-order chi connectivity index (χ1) is 8.66. The summed E-state index contributed by atoms with van der Waals surface area (Å²) in [5.41, 5.74) is 15.4. The van der Waals surface area contributed by atoms with Gasteiger partial charge in [0.1, 0.15) is 0 Å². The molecule has 0 spiro atoms. The van der Waals surface area contributed by atoms with Gasteiger partial charge < -0.3 is 11.5 Å². The number of H-pyrrole nitrogens is 1. The number of nitrogen functional groups attached to an aromatic ring is 2. The molecule has 2 aromatic carbocycles. The second-order valence-electron chi connectivity index (χ2n) is 4.08. The molecule has 0 bridgehead atoms. The Kier molecular flexibility index (Phi) is 2.48. The molecule has 0 aliphatic carbocycles. The Labute approximate surface area is 112 Å². The van der Waals surface area contributed by atoms with E-state index in [0.29, 0.717) is 5.82 Å². The highest BCUT2D eigenvalue weighted by Gasteiger charge is 2.12. The summed E-state index contributed by atoms with van der Waals surface area (Å²) in [5, 5.41) is 7.91. The number of anilines is 2. The van der Waals surface area contributed by atoms with E-state index in [1.165, 1.54) is 0 Å². The zero-order valence-corrected chi connectivity index (χ0v) is 11.0. The van der Waals surface area contributed by atoms with E-state index in [4.69, 9.17) is 11.5 Å². The Morgan fingerprint density at radius 1 is 1.00 bits per heavy atom. The summed E-state index contributed by atoms with van der Waals surface area (Å²) in [4.78, 5) is 0. The van der Waals surface area contributed by atoms with Crippen LogP contribution in [0, 0.1) is 0 Å². The van der Waals surface area contributed by atoms with Gasteiger partial charge >= 0.3 is 0 Å². The molecule has 5 N–H and O–H groups in total. The molecule has 0 aliphatic heterocycles. The summed E-state index contributed by atoms with van der Waals surface area (Å²) in [6, 6.07) is 11.7. The van der Waals surface area contributed by atoms with Gasteiger partial charge in [-0.25, -0.2) is 0 Å². The average molecular weight is 303 g/mol. The highest BCUT2D eigenvalue weighted by molar-refractivity contribution is 9.10. The number of nitrogens with two attached hydrogens (primary N) is 2. The molecular weight excluding hydrogens is 292 g/mol. The van der Waals surface area contributed by atoms with Crippen molar-refractivity contribution >= 4 is 38.3 Å². The van der Waals surface area contributed by atoms with Crippen LogP contribution < -0.4 is 11.5 Å². The third kappa shape index (κ3) is 1.64. The molecule has 18 heavy (non-hydrogen) atoms. The van der Waals surface area contributed by atoms with Crippen LogP contribution >= 0.6 is 15.9 Å². The fourth-order valence-corrected chi connectivity index (χ4v) is 2.45. The number of hydrogen-bond donors (Lipinski definition) is 3. The van der Waals surface area contributed by atoms with Crippen molar-refractivity contribution in [2.45, 2.75) is 0 Å². The molecule has 0 aliphatic rings. The maximum atomic E-state index is 5.93. The fraction of sp³-hybridized carbons (Fsp3) is 0. The number of nitrogens with zero attached hydrogens (tertiary/aromatic N) is 1. The molecule has 0 radical (unpaired) electrons. The van der Waals surface area contributed by atoms with E-state index in [1.807, 2.05) is 36.4 Å². The number of fused-ring (bicyclic) bond motifs is 1. The number of aromatic amines is 1. The molecule has 1 heterocycles. The fourth-order valence-electron chi connectivity index (χ4n) is 2.03. The van der Waals surface area contributed by atoms with Crippen LogP contribution in [0.25, 0.3) is 22.0 Å². The second kappa shape index (κ2) is 4.03. The van der Waals surface area contributed by atoms with Gasteiger partial charge in [-0.3, -0.25) is 5.10 Å². The molecule has 0 amide bonds. The zero-order chi connectivity index (χ0) is 12.7. The summed E-state index contributed by atoms with van der Waals surface area (Å²) in [6.45, 7) is 0. The van der Waals surface area contributed by atoms with Crippen LogP contribution in [0.2, 0.25) is 0 Å². The maximum absolute atomic E-state index is 5.93. The summed E-state index contributed by atoms with van der Waals surface area (Å²) in [7, 11) is 0. The quantitative estimate of drug-likeness (QED) is 0.604. The molecule has 90 valence electrons. The van der Waals surface area contributed by atoms with E-state index >= 15 is 0 Å². The number of aromatic nitrogens is 2. The predicted molar refractivity (Wildman–Crippen MR) is 78.1 cm³/mol. The molecule has 0 unspecified atom stereocenters. The van der Waals surface area contributed by atoms with Crippen molar-refractivity contribution in [1.29, 1.82) is 0 Å². The van der Waals surface area contributed by atoms with Gasteiger partial charge in [-0.2, -0.15) is 5.10 Å². The SMILES string of the molecule is Nc1ccc(-c2ccc(Br)c3[nH]nc(N)c23)cc1. The van der Waals surface area contributed by atoms with Crippen molar-refractivity contribution in [1.82, 2.24) is 10.2 Å². The van der Waals surface area contributed by atoms with Gasteiger partial charge in [0, 0.05) is 10.2 Å². The molecule has 4 nitrogen and oxygen atoms in total. The van der Waals surface area contributed by atoms with Crippen molar-refractivity contribution in [3.8, 4) is 11.1 Å². The predicted octanol–water partition coefficient (Wildman–Crippen LogP) is 3.16. The summed E-state index contributed by atoms with van der Waals surface area (Å²) >= 11 is 3.48. The number of benzene rings is 2. The number of rotatable bonds is 1. The third-order valence-electron chi connectivity index (χ3n) is 2.92. The van der Waals surface area contributed by atoms with Gasteiger partial charge in [0.2, 0.25) is 0 Å². The van der Waals surface area contributed by atoms with Gasteiger partial charge in [-0.05, 0) is 45.3 Å². The smallest absolute Gasteiger partial charge is 0.153 e. The van der Waals surface area contributed by atoms with Crippen LogP contribution in [0.5, 0.6) is 0 Å². The Morgan fingerprint density at radius 2 is 1.72 bits per heavy atom. The van der Waals surface area contributed by atoms with Crippen molar-refractivity contribution in [2.24, 2.45) is 0 Å². The van der Waals surface area contributed by atoms with Crippen molar-refractivity contribution < 1.29 is 0 Å². The molecule has 0 fully saturated rings. The zero-order valence-electron chi connectivity index (χ0n) is 9.44. The van der Waals surface area contributed by atoms with Gasteiger partial charge in [0.15, 0.2) is 5.82 Å². The highest BCUT2D eigenvalue weighted by Crippen LogP contribution is 2.35. The lowest BCUT2D eigenvalue weighted by molar-refractivity contribution is 1.12. The first kappa shape index (κ1) is 11.1. The van der Waals surface area contributed by atoms with Crippen molar-refractivity contribution in [3.63, 3.8) is 0 Å². The Bertz CT molecular complexity index is 716. The molecule has 3 rings (SSSR count). The molecule has 3 aromatic rings. The molecule has 0 saturated carbocycles. The van der Waals surface area contributed by atoms with Gasteiger partial charge in [-0.1, -0.05) is 18.2 Å². The number of nitrogens with one attached hydrogen (secondary N) is 1. The first-order valence-electron chi connectivity index (χ1n) is 5.45. The Balaban J connectivity index is 2.32. The standard InChI is InChI=1S/C13H11BrN4/c14-10-6-5-9(7-1-3-8(15)4-2-7)11-12(10)17-18-13(11)16/h1-6H,15H2,(H3,16,17,18). The largest absolute Gasteiger partial charge is 0.399 e. The van der Waals surface area contributed by atoms with E-state index in [0.717, 1.165) is 32.2 Å². The third-order valence-corrected chi connectivity index (χ3v) is 3.58. The van der Waals surface area contributed by atoms with Crippen LogP contribution in [-0.4, -0.2) is 10.2 Å². The minimum atomic E-state index is 0.498. The van der Waals surface area contributed by atoms with Crippen LogP contribution in [0.4, 0.5) is 11.5 Å². The van der Waals surface area contributed by atoms with Gasteiger partial charge in [0.05, 0.1) is 10.9 Å². The van der Waals surface area contributed by atoms with E-state index in [2.05, 4.69) is 26.1 Å². The van der Waals surface area contributed by atoms with E-state index in [1.54, 1.807) is 0 Å². The highest BCUT2D eigenvalue weighted by atomic mass is 79.9. The second-order valence-corrected chi connectivity index (χ2v) is 4.93. The minimum absolute atomic E-state index is 0.498. The van der Waals surface area contributed by atoms with Crippen molar-refractivity contribution in [3.05, 3.63) is 40.9 Å². The summed E-state index contributed by atoms with van der Waals surface area (Å²) in [6.07, 6.45) is 0. The monoisotopic (exact) mass is 302 g/mol. The lowest BCUT2D eigenvalue weighted by Gasteiger charge is -2.05. The van der Waals surface area contributed by atoms with Crippen LogP contribution in [0.3, 0.4) is 0 Å². The molecule has 1 aromatic heterocycles. The van der Waals surface area contributed by atoms with E-state index in [9.17, 15) is 0 Å². The molecule has 5 heteroatoms. The first-order valence-corrected chi connectivity index (χ1v) is 6.24. The topological polar surface area (TPSA) is 80.7 Å². The van der Waals surface area contributed by atoms with Gasteiger partial charge in [-0.15, -0.1) is 0 Å². The maximum Gasteiger partial charge on any atom is 0.153 e. The van der Waals surface area contributed by atoms with Crippen LogP contribution in [-0.2, 0) is 0 Å². The number of halogens is 1. The van der Waals surface area contributed by atoms with E-state index < -0.39 is 0 Å². The van der Waals surface area contributed by atoms with Crippen LogP contribution in [0.15, 0.2) is 40.9 Å². The number of hydrogen-bond acceptors (Lipinski definition) is 3. The average Bonchev–Trinajstić information content (AvgIpc) is 2.75.